The average Bonchev–Trinajstić information content (AvgIpc) is 2.26. The van der Waals surface area contributed by atoms with Crippen LogP contribution in [0.4, 0.5) is 5.69 Å². The number of nitrogens with one attached hydrogen (secondary N) is 2. The summed E-state index contributed by atoms with van der Waals surface area (Å²) in [5, 5.41) is 3.05. The molecule has 0 heterocycles. The maximum Gasteiger partial charge on any atom is 0.209 e. The van der Waals surface area contributed by atoms with Crippen molar-refractivity contribution in [2.45, 2.75) is 4.90 Å². The Morgan fingerprint density at radius 1 is 1.50 bits per heavy atom. The number of benzene rings is 1. The number of hydrazine groups is 1. The monoisotopic (exact) mass is 210 g/mol. The van der Waals surface area contributed by atoms with Crippen LogP contribution in [0, 0.1) is 0 Å². The summed E-state index contributed by atoms with van der Waals surface area (Å²) in [6, 6.07) is 8.03. The number of aliphatic imine (C=N–C) groups is 1. The Balaban J connectivity index is 2.76. The van der Waals surface area contributed by atoms with E-state index in [0.717, 1.165) is 5.69 Å². The SMILES string of the molecule is CN=C(NN)Nc1cccc(SC)c1. The Bertz CT molecular complexity index is 324. The lowest BCUT2D eigenvalue weighted by Gasteiger charge is -2.08. The summed E-state index contributed by atoms with van der Waals surface area (Å²) in [5.74, 6) is 5.80. The highest BCUT2D eigenvalue weighted by Gasteiger charge is 1.97. The van der Waals surface area contributed by atoms with Gasteiger partial charge < -0.3 is 5.32 Å². The molecule has 0 aliphatic rings. The highest BCUT2D eigenvalue weighted by Crippen LogP contribution is 2.18. The molecule has 5 heteroatoms. The van der Waals surface area contributed by atoms with Gasteiger partial charge in [-0.2, -0.15) is 0 Å². The molecule has 4 N–H and O–H groups in total. The first kappa shape index (κ1) is 10.9. The van der Waals surface area contributed by atoms with Crippen LogP contribution in [0.1, 0.15) is 0 Å². The Morgan fingerprint density at radius 2 is 2.29 bits per heavy atom. The van der Waals surface area contributed by atoms with Crippen LogP contribution in [0.15, 0.2) is 34.2 Å². The minimum absolute atomic E-state index is 0.545. The molecule has 0 spiro atoms. The Morgan fingerprint density at radius 3 is 2.86 bits per heavy atom. The van der Waals surface area contributed by atoms with Crippen molar-refractivity contribution in [3.8, 4) is 0 Å². The highest BCUT2D eigenvalue weighted by atomic mass is 32.2. The van der Waals surface area contributed by atoms with Crippen molar-refractivity contribution < 1.29 is 0 Å². The van der Waals surface area contributed by atoms with E-state index in [1.807, 2.05) is 24.5 Å². The van der Waals surface area contributed by atoms with E-state index < -0.39 is 0 Å². The fourth-order valence-corrected chi connectivity index (χ4v) is 1.45. The van der Waals surface area contributed by atoms with E-state index in [2.05, 4.69) is 21.8 Å². The van der Waals surface area contributed by atoms with Gasteiger partial charge in [-0.3, -0.25) is 10.4 Å². The van der Waals surface area contributed by atoms with Crippen molar-refractivity contribution >= 4 is 23.4 Å². The van der Waals surface area contributed by atoms with Gasteiger partial charge in [-0.1, -0.05) is 6.07 Å². The van der Waals surface area contributed by atoms with E-state index in [9.17, 15) is 0 Å². The molecule has 0 amide bonds. The lowest BCUT2D eigenvalue weighted by Crippen LogP contribution is -2.36. The van der Waals surface area contributed by atoms with E-state index in [0.29, 0.717) is 5.96 Å². The van der Waals surface area contributed by atoms with Crippen molar-refractivity contribution in [1.29, 1.82) is 0 Å². The number of thioether (sulfide) groups is 1. The van der Waals surface area contributed by atoms with Crippen molar-refractivity contribution in [1.82, 2.24) is 5.43 Å². The summed E-state index contributed by atoms with van der Waals surface area (Å²) in [7, 11) is 1.67. The molecule has 0 saturated heterocycles. The van der Waals surface area contributed by atoms with Gasteiger partial charge in [0.25, 0.3) is 0 Å². The van der Waals surface area contributed by atoms with Crippen LogP contribution in [-0.4, -0.2) is 19.3 Å². The summed E-state index contributed by atoms with van der Waals surface area (Å²) < 4.78 is 0. The summed E-state index contributed by atoms with van der Waals surface area (Å²) in [5.41, 5.74) is 3.44. The molecule has 0 saturated carbocycles. The van der Waals surface area contributed by atoms with E-state index >= 15 is 0 Å². The summed E-state index contributed by atoms with van der Waals surface area (Å²) >= 11 is 1.69. The Kier molecular flexibility index (Phi) is 4.28. The third-order valence-corrected chi connectivity index (χ3v) is 2.42. The molecule has 14 heavy (non-hydrogen) atoms. The maximum absolute atomic E-state index is 5.25. The number of anilines is 1. The maximum atomic E-state index is 5.25. The van der Waals surface area contributed by atoms with Crippen LogP contribution >= 0.6 is 11.8 Å². The lowest BCUT2D eigenvalue weighted by atomic mass is 10.3. The Labute approximate surface area is 88.0 Å². The number of rotatable bonds is 2. The Hall–Kier alpha value is -1.20. The zero-order chi connectivity index (χ0) is 10.4. The molecule has 4 nitrogen and oxygen atoms in total. The minimum Gasteiger partial charge on any atom is -0.325 e. The van der Waals surface area contributed by atoms with E-state index in [1.165, 1.54) is 4.90 Å². The standard InChI is InChI=1S/C9H14N4S/c1-11-9(13-10)12-7-4-3-5-8(6-7)14-2/h3-6H,10H2,1-2H3,(H2,11,12,13). The summed E-state index contributed by atoms with van der Waals surface area (Å²) in [6.45, 7) is 0. The molecule has 0 bridgehead atoms. The molecule has 0 radical (unpaired) electrons. The number of hydrogen-bond acceptors (Lipinski definition) is 3. The third-order valence-electron chi connectivity index (χ3n) is 1.69. The van der Waals surface area contributed by atoms with Gasteiger partial charge in [-0.05, 0) is 24.5 Å². The quantitative estimate of drug-likeness (QED) is 0.226. The molecule has 0 aromatic heterocycles. The molecule has 0 aliphatic heterocycles. The number of guanidine groups is 1. The van der Waals surface area contributed by atoms with Gasteiger partial charge in [0.1, 0.15) is 0 Å². The highest BCUT2D eigenvalue weighted by molar-refractivity contribution is 7.98. The number of hydrogen-bond donors (Lipinski definition) is 3. The zero-order valence-corrected chi connectivity index (χ0v) is 9.06. The lowest BCUT2D eigenvalue weighted by molar-refractivity contribution is 1.01. The number of nitrogens with two attached hydrogens (primary N) is 1. The predicted octanol–water partition coefficient (Wildman–Crippen LogP) is 1.27. The summed E-state index contributed by atoms with van der Waals surface area (Å²) in [4.78, 5) is 5.12. The molecular formula is C9H14N4S. The largest absolute Gasteiger partial charge is 0.325 e. The molecule has 1 aromatic rings. The third kappa shape index (κ3) is 2.93. The van der Waals surface area contributed by atoms with Crippen LogP contribution in [-0.2, 0) is 0 Å². The normalized spacial score (nSPS) is 11.2. The van der Waals surface area contributed by atoms with E-state index in [4.69, 9.17) is 5.84 Å². The van der Waals surface area contributed by atoms with Gasteiger partial charge in [0.2, 0.25) is 5.96 Å². The smallest absolute Gasteiger partial charge is 0.209 e. The van der Waals surface area contributed by atoms with Crippen molar-refractivity contribution in [2.75, 3.05) is 18.6 Å². The predicted molar refractivity (Wildman–Crippen MR) is 62.5 cm³/mol. The van der Waals surface area contributed by atoms with Gasteiger partial charge >= 0.3 is 0 Å². The first-order valence-corrected chi connectivity index (χ1v) is 5.37. The van der Waals surface area contributed by atoms with Gasteiger partial charge in [-0.15, -0.1) is 11.8 Å². The first-order chi connectivity index (χ1) is 6.80. The van der Waals surface area contributed by atoms with Crippen molar-refractivity contribution in [2.24, 2.45) is 10.8 Å². The van der Waals surface area contributed by atoms with Crippen LogP contribution < -0.4 is 16.6 Å². The fourth-order valence-electron chi connectivity index (χ4n) is 0.994. The molecule has 0 atom stereocenters. The second kappa shape index (κ2) is 5.51. The molecule has 76 valence electrons. The molecule has 0 aliphatic carbocycles. The molecule has 1 rings (SSSR count). The second-order valence-electron chi connectivity index (χ2n) is 2.57. The first-order valence-electron chi connectivity index (χ1n) is 4.14. The summed E-state index contributed by atoms with van der Waals surface area (Å²) in [6.07, 6.45) is 2.04. The van der Waals surface area contributed by atoms with Gasteiger partial charge in [-0.25, -0.2) is 5.84 Å². The molecule has 1 aromatic carbocycles. The zero-order valence-electron chi connectivity index (χ0n) is 8.24. The van der Waals surface area contributed by atoms with Crippen LogP contribution in [0.5, 0.6) is 0 Å². The second-order valence-corrected chi connectivity index (χ2v) is 3.45. The van der Waals surface area contributed by atoms with Crippen LogP contribution in [0.2, 0.25) is 0 Å². The van der Waals surface area contributed by atoms with Crippen LogP contribution in [0.25, 0.3) is 0 Å². The van der Waals surface area contributed by atoms with Gasteiger partial charge in [0.05, 0.1) is 0 Å². The van der Waals surface area contributed by atoms with Gasteiger partial charge in [0, 0.05) is 17.6 Å². The van der Waals surface area contributed by atoms with Crippen molar-refractivity contribution in [3.63, 3.8) is 0 Å². The molecule has 0 fully saturated rings. The minimum atomic E-state index is 0.545. The molecule has 0 unspecified atom stereocenters. The van der Waals surface area contributed by atoms with E-state index in [-0.39, 0.29) is 0 Å². The number of nitrogens with zero attached hydrogens (tertiary/aromatic N) is 1. The fraction of sp³-hybridized carbons (Fsp3) is 0.222. The van der Waals surface area contributed by atoms with Crippen molar-refractivity contribution in [3.05, 3.63) is 24.3 Å². The van der Waals surface area contributed by atoms with E-state index in [1.54, 1.807) is 18.8 Å². The van der Waals surface area contributed by atoms with Crippen LogP contribution in [0.3, 0.4) is 0 Å². The average molecular weight is 210 g/mol. The topological polar surface area (TPSA) is 62.4 Å². The molecular weight excluding hydrogens is 196 g/mol. The van der Waals surface area contributed by atoms with Gasteiger partial charge in [0.15, 0.2) is 0 Å².